The summed E-state index contributed by atoms with van der Waals surface area (Å²) in [5, 5.41) is 23.7. The summed E-state index contributed by atoms with van der Waals surface area (Å²) in [4.78, 5) is 10.5. The van der Waals surface area contributed by atoms with Gasteiger partial charge in [0, 0.05) is 19.0 Å². The summed E-state index contributed by atoms with van der Waals surface area (Å²) in [6.45, 7) is 7.03. The molecule has 0 atom stereocenters. The van der Waals surface area contributed by atoms with Gasteiger partial charge in [-0.1, -0.05) is 13.0 Å². The van der Waals surface area contributed by atoms with Crippen molar-refractivity contribution in [3.05, 3.63) is 33.9 Å². The fourth-order valence-electron chi connectivity index (χ4n) is 1.62. The van der Waals surface area contributed by atoms with Gasteiger partial charge in [0.25, 0.3) is 0 Å². The molecular weight excluding hydrogens is 260 g/mol. The van der Waals surface area contributed by atoms with Crippen molar-refractivity contribution in [1.29, 1.82) is 0 Å². The number of aliphatic hydroxyl groups is 1. The molecule has 112 valence electrons. The molecule has 0 unspecified atom stereocenters. The van der Waals surface area contributed by atoms with Crippen LogP contribution in [0.4, 0.5) is 5.69 Å². The van der Waals surface area contributed by atoms with Gasteiger partial charge in [-0.2, -0.15) is 0 Å². The molecule has 0 aliphatic carbocycles. The monoisotopic (exact) mass is 282 g/mol. The van der Waals surface area contributed by atoms with Crippen molar-refractivity contribution in [3.63, 3.8) is 0 Å². The average molecular weight is 282 g/mol. The number of nitro benzene ring substituents is 1. The summed E-state index contributed by atoms with van der Waals surface area (Å²) < 4.78 is 5.47. The molecular formula is C14H22N2O4. The van der Waals surface area contributed by atoms with Crippen molar-refractivity contribution in [1.82, 2.24) is 5.32 Å². The van der Waals surface area contributed by atoms with Crippen molar-refractivity contribution in [2.75, 3.05) is 13.2 Å². The van der Waals surface area contributed by atoms with E-state index in [2.05, 4.69) is 5.32 Å². The highest BCUT2D eigenvalue weighted by Gasteiger charge is 2.17. The van der Waals surface area contributed by atoms with E-state index in [4.69, 9.17) is 4.74 Å². The zero-order valence-electron chi connectivity index (χ0n) is 12.2. The molecule has 6 heteroatoms. The molecule has 0 aromatic heterocycles. The lowest BCUT2D eigenvalue weighted by atomic mass is 10.1. The van der Waals surface area contributed by atoms with E-state index >= 15 is 0 Å². The maximum absolute atomic E-state index is 11.0. The number of nitrogens with one attached hydrogen (secondary N) is 1. The zero-order valence-corrected chi connectivity index (χ0v) is 12.2. The van der Waals surface area contributed by atoms with E-state index in [9.17, 15) is 15.2 Å². The van der Waals surface area contributed by atoms with Gasteiger partial charge < -0.3 is 15.2 Å². The minimum Gasteiger partial charge on any atom is -0.487 e. The minimum atomic E-state index is -0.851. The molecule has 1 aromatic rings. The molecule has 6 nitrogen and oxygen atoms in total. The Bertz CT molecular complexity index is 455. The van der Waals surface area contributed by atoms with Crippen molar-refractivity contribution in [2.45, 2.75) is 39.3 Å². The first-order valence-electron chi connectivity index (χ1n) is 6.66. The van der Waals surface area contributed by atoms with Crippen LogP contribution in [0.2, 0.25) is 0 Å². The normalized spacial score (nSPS) is 11.4. The molecule has 0 radical (unpaired) electrons. The number of hydrogen-bond donors (Lipinski definition) is 2. The van der Waals surface area contributed by atoms with Crippen molar-refractivity contribution < 1.29 is 14.8 Å². The second-order valence-electron chi connectivity index (χ2n) is 5.25. The van der Waals surface area contributed by atoms with Crippen molar-refractivity contribution >= 4 is 5.69 Å². The Morgan fingerprint density at radius 3 is 2.70 bits per heavy atom. The number of nitrogens with zero attached hydrogens (tertiary/aromatic N) is 1. The first-order valence-corrected chi connectivity index (χ1v) is 6.66. The standard InChI is InChI=1S/C14H22N2O4/c1-4-15-10-11-5-6-12(16(18)19)13(9-11)20-8-7-14(2,3)17/h5-6,9,15,17H,4,7-8,10H2,1-3H3. The lowest BCUT2D eigenvalue weighted by molar-refractivity contribution is -0.385. The van der Waals surface area contributed by atoms with E-state index in [-0.39, 0.29) is 18.0 Å². The second-order valence-corrected chi connectivity index (χ2v) is 5.25. The van der Waals surface area contributed by atoms with Crippen molar-refractivity contribution in [3.8, 4) is 5.75 Å². The topological polar surface area (TPSA) is 84.6 Å². The molecule has 0 aliphatic rings. The third-order valence-electron chi connectivity index (χ3n) is 2.77. The molecule has 1 aromatic carbocycles. The molecule has 0 heterocycles. The lowest BCUT2D eigenvalue weighted by Crippen LogP contribution is -2.22. The van der Waals surface area contributed by atoms with Crippen LogP contribution in [0.3, 0.4) is 0 Å². The molecule has 20 heavy (non-hydrogen) atoms. The van der Waals surface area contributed by atoms with Crippen LogP contribution < -0.4 is 10.1 Å². The van der Waals surface area contributed by atoms with Crippen LogP contribution >= 0.6 is 0 Å². The molecule has 1 rings (SSSR count). The molecule has 0 fully saturated rings. The smallest absolute Gasteiger partial charge is 0.310 e. The Morgan fingerprint density at radius 1 is 1.45 bits per heavy atom. The largest absolute Gasteiger partial charge is 0.487 e. The quantitative estimate of drug-likeness (QED) is 0.564. The van der Waals surface area contributed by atoms with Gasteiger partial charge in [0.15, 0.2) is 5.75 Å². The van der Waals surface area contributed by atoms with E-state index in [0.29, 0.717) is 13.0 Å². The molecule has 0 aliphatic heterocycles. The number of hydrogen-bond acceptors (Lipinski definition) is 5. The van der Waals surface area contributed by atoms with E-state index in [0.717, 1.165) is 12.1 Å². The third kappa shape index (κ3) is 5.54. The third-order valence-corrected chi connectivity index (χ3v) is 2.77. The van der Waals surface area contributed by atoms with Gasteiger partial charge in [0.2, 0.25) is 0 Å². The highest BCUT2D eigenvalue weighted by Crippen LogP contribution is 2.28. The lowest BCUT2D eigenvalue weighted by Gasteiger charge is -2.17. The first-order chi connectivity index (χ1) is 9.33. The van der Waals surface area contributed by atoms with Gasteiger partial charge in [-0.25, -0.2) is 0 Å². The Labute approximate surface area is 118 Å². The SMILES string of the molecule is CCNCc1ccc([N+](=O)[O-])c(OCCC(C)(C)O)c1. The van der Waals surface area contributed by atoms with Gasteiger partial charge >= 0.3 is 5.69 Å². The number of ether oxygens (including phenoxy) is 1. The Morgan fingerprint density at radius 2 is 2.15 bits per heavy atom. The molecule has 0 bridgehead atoms. The highest BCUT2D eigenvalue weighted by molar-refractivity contribution is 5.48. The molecule has 0 spiro atoms. The zero-order chi connectivity index (χ0) is 15.2. The number of rotatable bonds is 8. The summed E-state index contributed by atoms with van der Waals surface area (Å²) in [6, 6.07) is 4.83. The fourth-order valence-corrected chi connectivity index (χ4v) is 1.62. The second kappa shape index (κ2) is 7.21. The van der Waals surface area contributed by atoms with Gasteiger partial charge in [-0.15, -0.1) is 0 Å². The van der Waals surface area contributed by atoms with Gasteiger partial charge in [0.05, 0.1) is 17.1 Å². The number of benzene rings is 1. The van der Waals surface area contributed by atoms with Crippen LogP contribution in [0, 0.1) is 10.1 Å². The molecule has 0 saturated carbocycles. The Hall–Kier alpha value is -1.66. The predicted molar refractivity (Wildman–Crippen MR) is 76.9 cm³/mol. The van der Waals surface area contributed by atoms with E-state index in [1.807, 2.05) is 6.92 Å². The van der Waals surface area contributed by atoms with Crippen LogP contribution in [0.5, 0.6) is 5.75 Å². The van der Waals surface area contributed by atoms with E-state index in [1.165, 1.54) is 6.07 Å². The summed E-state index contributed by atoms with van der Waals surface area (Å²) in [6.07, 6.45) is 0.404. The minimum absolute atomic E-state index is 0.0546. The van der Waals surface area contributed by atoms with E-state index < -0.39 is 10.5 Å². The molecule has 0 saturated heterocycles. The van der Waals surface area contributed by atoms with Crippen LogP contribution in [0.25, 0.3) is 0 Å². The number of nitro groups is 1. The van der Waals surface area contributed by atoms with Crippen LogP contribution in [-0.2, 0) is 6.54 Å². The highest BCUT2D eigenvalue weighted by atomic mass is 16.6. The van der Waals surface area contributed by atoms with Gasteiger partial charge in [0.1, 0.15) is 0 Å². The van der Waals surface area contributed by atoms with Crippen LogP contribution in [0.15, 0.2) is 18.2 Å². The Kier molecular flexibility index (Phi) is 5.91. The fraction of sp³-hybridized carbons (Fsp3) is 0.571. The molecule has 2 N–H and O–H groups in total. The molecule has 0 amide bonds. The van der Waals surface area contributed by atoms with Gasteiger partial charge in [-0.3, -0.25) is 10.1 Å². The average Bonchev–Trinajstić information content (AvgIpc) is 2.34. The first kappa shape index (κ1) is 16.4. The summed E-state index contributed by atoms with van der Waals surface area (Å²) in [5.74, 6) is 0.245. The maximum atomic E-state index is 11.0. The Balaban J connectivity index is 2.80. The summed E-state index contributed by atoms with van der Waals surface area (Å²) >= 11 is 0. The summed E-state index contributed by atoms with van der Waals surface area (Å²) in [7, 11) is 0. The van der Waals surface area contributed by atoms with E-state index in [1.54, 1.807) is 26.0 Å². The van der Waals surface area contributed by atoms with Crippen LogP contribution in [0.1, 0.15) is 32.8 Å². The van der Waals surface area contributed by atoms with Gasteiger partial charge in [-0.05, 0) is 32.0 Å². The summed E-state index contributed by atoms with van der Waals surface area (Å²) in [5.41, 5.74) is 0.0209. The predicted octanol–water partition coefficient (Wildman–Crippen LogP) is 2.24. The van der Waals surface area contributed by atoms with Crippen molar-refractivity contribution in [2.24, 2.45) is 0 Å². The maximum Gasteiger partial charge on any atom is 0.310 e. The van der Waals surface area contributed by atoms with Crippen LogP contribution in [-0.4, -0.2) is 28.8 Å².